The molecule has 1 N–H and O–H groups in total. The first-order valence-corrected chi connectivity index (χ1v) is 9.31. The molecule has 1 aromatic carbocycles. The lowest BCUT2D eigenvalue weighted by Crippen LogP contribution is -2.50. The van der Waals surface area contributed by atoms with Crippen LogP contribution in [0.15, 0.2) is 36.4 Å². The fourth-order valence-electron chi connectivity index (χ4n) is 4.03. The van der Waals surface area contributed by atoms with Gasteiger partial charge in [0.25, 0.3) is 0 Å². The van der Waals surface area contributed by atoms with Gasteiger partial charge in [-0.2, -0.15) is 0 Å². The first kappa shape index (κ1) is 18.2. The summed E-state index contributed by atoms with van der Waals surface area (Å²) in [6.07, 6.45) is 3.19. The van der Waals surface area contributed by atoms with Crippen molar-refractivity contribution in [1.82, 2.24) is 5.32 Å². The maximum absolute atomic E-state index is 13.2. The van der Waals surface area contributed by atoms with Gasteiger partial charge in [0.2, 0.25) is 17.7 Å². The van der Waals surface area contributed by atoms with E-state index in [-0.39, 0.29) is 24.3 Å². The first-order valence-electron chi connectivity index (χ1n) is 8.93. The minimum atomic E-state index is -0.982. The van der Waals surface area contributed by atoms with Crippen LogP contribution >= 0.6 is 11.6 Å². The molecule has 2 bridgehead atoms. The molecule has 0 saturated carbocycles. The Balaban J connectivity index is 1.62. The second kappa shape index (κ2) is 5.91. The van der Waals surface area contributed by atoms with Crippen molar-refractivity contribution in [3.05, 3.63) is 41.4 Å². The molecule has 0 unspecified atom stereocenters. The molecule has 3 heterocycles. The average Bonchev–Trinajstić information content (AvgIpc) is 3.24. The molecule has 2 fully saturated rings. The van der Waals surface area contributed by atoms with E-state index in [1.807, 2.05) is 32.9 Å². The molecule has 0 radical (unpaired) electrons. The first-order chi connectivity index (χ1) is 12.6. The molecular formula is C20H21ClN2O4. The van der Waals surface area contributed by atoms with Crippen molar-refractivity contribution in [2.75, 3.05) is 11.4 Å². The van der Waals surface area contributed by atoms with Crippen LogP contribution < -0.4 is 10.2 Å². The van der Waals surface area contributed by atoms with E-state index < -0.39 is 29.0 Å². The van der Waals surface area contributed by atoms with Gasteiger partial charge in [-0.25, -0.2) is 4.90 Å². The summed E-state index contributed by atoms with van der Waals surface area (Å²) in [5.41, 5.74) is -1.04. The number of imide groups is 1. The monoisotopic (exact) mass is 388 g/mol. The van der Waals surface area contributed by atoms with Gasteiger partial charge >= 0.3 is 0 Å². The van der Waals surface area contributed by atoms with Crippen molar-refractivity contribution in [1.29, 1.82) is 0 Å². The second-order valence-electron chi connectivity index (χ2n) is 8.32. The lowest BCUT2D eigenvalue weighted by molar-refractivity contribution is -0.132. The number of amides is 3. The van der Waals surface area contributed by atoms with Gasteiger partial charge in [-0.15, -0.1) is 0 Å². The van der Waals surface area contributed by atoms with Crippen molar-refractivity contribution >= 4 is 35.0 Å². The van der Waals surface area contributed by atoms with Crippen LogP contribution in [0, 0.1) is 17.3 Å². The lowest BCUT2D eigenvalue weighted by Gasteiger charge is -2.30. The smallest absolute Gasteiger partial charge is 0.241 e. The van der Waals surface area contributed by atoms with Crippen LogP contribution in [0.25, 0.3) is 0 Å². The molecule has 27 heavy (non-hydrogen) atoms. The zero-order chi connectivity index (χ0) is 19.6. The summed E-state index contributed by atoms with van der Waals surface area (Å²) in [5, 5.41) is 3.41. The third-order valence-electron chi connectivity index (χ3n) is 5.45. The molecule has 1 aromatic rings. The van der Waals surface area contributed by atoms with Crippen LogP contribution in [0.1, 0.15) is 20.8 Å². The molecule has 4 atom stereocenters. The predicted octanol–water partition coefficient (Wildman–Crippen LogP) is 2.32. The van der Waals surface area contributed by atoms with Gasteiger partial charge in [0.05, 0.1) is 30.2 Å². The van der Waals surface area contributed by atoms with Crippen molar-refractivity contribution < 1.29 is 19.1 Å². The molecule has 3 amide bonds. The Bertz CT molecular complexity index is 858. The van der Waals surface area contributed by atoms with Crippen LogP contribution in [0.2, 0.25) is 5.02 Å². The summed E-state index contributed by atoms with van der Waals surface area (Å²) in [4.78, 5) is 39.6. The molecule has 0 aromatic heterocycles. The van der Waals surface area contributed by atoms with Crippen molar-refractivity contribution in [2.24, 2.45) is 17.3 Å². The summed E-state index contributed by atoms with van der Waals surface area (Å²) >= 11 is 5.91. The van der Waals surface area contributed by atoms with Crippen LogP contribution in [0.4, 0.5) is 5.69 Å². The van der Waals surface area contributed by atoms with Crippen LogP contribution in [-0.2, 0) is 19.1 Å². The topological polar surface area (TPSA) is 75.7 Å². The third-order valence-corrected chi connectivity index (χ3v) is 5.70. The molecule has 2 saturated heterocycles. The zero-order valence-corrected chi connectivity index (χ0v) is 16.1. The fraction of sp³-hybridized carbons (Fsp3) is 0.450. The molecular weight excluding hydrogens is 368 g/mol. The zero-order valence-electron chi connectivity index (χ0n) is 15.4. The molecule has 0 spiro atoms. The number of rotatable bonds is 3. The maximum atomic E-state index is 13.2. The summed E-state index contributed by atoms with van der Waals surface area (Å²) in [6, 6.07) is 6.61. The van der Waals surface area contributed by atoms with Gasteiger partial charge in [-0.3, -0.25) is 14.4 Å². The van der Waals surface area contributed by atoms with Gasteiger partial charge < -0.3 is 10.1 Å². The molecule has 6 nitrogen and oxygen atoms in total. The number of hydrogen-bond acceptors (Lipinski definition) is 4. The largest absolute Gasteiger partial charge is 0.360 e. The highest BCUT2D eigenvalue weighted by Gasteiger charge is 2.67. The molecule has 3 aliphatic rings. The number of carbonyl (C=O) groups excluding carboxylic acids is 3. The molecule has 0 aliphatic carbocycles. The second-order valence-corrected chi connectivity index (χ2v) is 8.76. The number of nitrogens with one attached hydrogen (secondary N) is 1. The van der Waals surface area contributed by atoms with Gasteiger partial charge in [-0.05, 0) is 24.3 Å². The average molecular weight is 389 g/mol. The van der Waals surface area contributed by atoms with E-state index >= 15 is 0 Å². The van der Waals surface area contributed by atoms with E-state index in [0.717, 1.165) is 0 Å². The Kier molecular flexibility index (Phi) is 3.98. The van der Waals surface area contributed by atoms with Crippen molar-refractivity contribution in [3.8, 4) is 0 Å². The molecule has 4 rings (SSSR count). The number of halogens is 1. The molecule has 3 aliphatic heterocycles. The number of fused-ring (bicyclic) bond motifs is 5. The normalized spacial score (nSPS) is 31.6. The van der Waals surface area contributed by atoms with E-state index in [0.29, 0.717) is 10.7 Å². The van der Waals surface area contributed by atoms with E-state index in [1.54, 1.807) is 24.3 Å². The fourth-order valence-corrected chi connectivity index (χ4v) is 4.16. The molecule has 7 heteroatoms. The minimum absolute atomic E-state index is 0.132. The summed E-state index contributed by atoms with van der Waals surface area (Å²) in [6.45, 7) is 5.61. The van der Waals surface area contributed by atoms with E-state index in [9.17, 15) is 14.4 Å². The van der Waals surface area contributed by atoms with E-state index in [1.165, 1.54) is 4.90 Å². The van der Waals surface area contributed by atoms with Crippen LogP contribution in [0.5, 0.6) is 0 Å². The summed E-state index contributed by atoms with van der Waals surface area (Å²) in [7, 11) is 0. The lowest BCUT2D eigenvalue weighted by atomic mass is 9.76. The highest BCUT2D eigenvalue weighted by Crippen LogP contribution is 2.52. The number of benzene rings is 1. The summed E-state index contributed by atoms with van der Waals surface area (Å²) < 4.78 is 6.02. The number of ether oxygens (including phenoxy) is 1. The van der Waals surface area contributed by atoms with E-state index in [4.69, 9.17) is 16.3 Å². The molecule has 142 valence electrons. The predicted molar refractivity (Wildman–Crippen MR) is 100 cm³/mol. The highest BCUT2D eigenvalue weighted by molar-refractivity contribution is 6.31. The van der Waals surface area contributed by atoms with Gasteiger partial charge in [0.1, 0.15) is 5.60 Å². The number of anilines is 1. The maximum Gasteiger partial charge on any atom is 0.241 e. The Hall–Kier alpha value is -2.18. The quantitative estimate of drug-likeness (QED) is 0.637. The number of hydrogen-bond donors (Lipinski definition) is 1. The van der Waals surface area contributed by atoms with Crippen LogP contribution in [0.3, 0.4) is 0 Å². The Morgan fingerprint density at radius 1 is 1.22 bits per heavy atom. The van der Waals surface area contributed by atoms with E-state index in [2.05, 4.69) is 5.32 Å². The van der Waals surface area contributed by atoms with Gasteiger partial charge in [0, 0.05) is 10.4 Å². The number of nitrogens with zero attached hydrogens (tertiary/aromatic N) is 1. The van der Waals surface area contributed by atoms with Gasteiger partial charge in [-0.1, -0.05) is 44.5 Å². The Labute approximate surface area is 162 Å². The standard InChI is InChI=1S/C20H21ClN2O4/c1-19(2,3)18(26)22-10-20-9-8-13(27-20)14-15(20)17(25)23(16(14)24)12-6-4-11(21)5-7-12/h4-9,13-15H,10H2,1-3H3,(H,22,26)/t13-,14-,15+,20-/m1/s1. The Morgan fingerprint density at radius 3 is 2.52 bits per heavy atom. The number of carbonyl (C=O) groups is 3. The SMILES string of the molecule is CC(C)(C)C(=O)NC[C@@]12C=C[C@@H](O1)[C@H]1C(=O)N(c3ccc(Cl)cc3)C(=O)[C@H]12. The Morgan fingerprint density at radius 2 is 1.89 bits per heavy atom. The summed E-state index contributed by atoms with van der Waals surface area (Å²) in [5.74, 6) is -1.91. The van der Waals surface area contributed by atoms with Crippen LogP contribution in [-0.4, -0.2) is 36.0 Å². The van der Waals surface area contributed by atoms with Gasteiger partial charge in [0.15, 0.2) is 0 Å². The third kappa shape index (κ3) is 2.70. The minimum Gasteiger partial charge on any atom is -0.360 e. The van der Waals surface area contributed by atoms with Crippen molar-refractivity contribution in [2.45, 2.75) is 32.5 Å². The highest BCUT2D eigenvalue weighted by atomic mass is 35.5. The van der Waals surface area contributed by atoms with Crippen molar-refractivity contribution in [3.63, 3.8) is 0 Å².